The van der Waals surface area contributed by atoms with Gasteiger partial charge in [0, 0.05) is 18.3 Å². The fourth-order valence-electron chi connectivity index (χ4n) is 1.27. The Hall–Kier alpha value is -1.73. The molecule has 106 valence electrons. The Bertz CT molecular complexity index is 461. The summed E-state index contributed by atoms with van der Waals surface area (Å²) in [5, 5.41) is 2.70. The Labute approximate surface area is 112 Å². The van der Waals surface area contributed by atoms with Gasteiger partial charge >= 0.3 is 0 Å². The maximum absolute atomic E-state index is 13.8. The van der Waals surface area contributed by atoms with Crippen molar-refractivity contribution in [2.45, 2.75) is 19.4 Å². The van der Waals surface area contributed by atoms with Gasteiger partial charge in [0.05, 0.1) is 5.56 Å². The van der Waals surface area contributed by atoms with Gasteiger partial charge in [-0.2, -0.15) is 0 Å². The van der Waals surface area contributed by atoms with Crippen molar-refractivity contribution in [3.63, 3.8) is 0 Å². The van der Waals surface area contributed by atoms with E-state index in [-0.39, 0.29) is 16.9 Å². The zero-order valence-electron chi connectivity index (χ0n) is 11.6. The quantitative estimate of drug-likeness (QED) is 0.538. The maximum atomic E-state index is 13.8. The van der Waals surface area contributed by atoms with Crippen LogP contribution < -0.4 is 16.6 Å². The molecule has 0 radical (unpaired) electrons. The standard InChI is InChI=1S/C12H20FN5O/c1-12(2,18(3)4)7-16-11(19)8-5-6-15-10(17-14)9(8)13/h5-6H,7,14H2,1-4H3,(H,15,17)(H,16,19). The highest BCUT2D eigenvalue weighted by atomic mass is 19.1. The van der Waals surface area contributed by atoms with E-state index in [0.717, 1.165) is 0 Å². The number of anilines is 1. The van der Waals surface area contributed by atoms with Crippen LogP contribution in [0.5, 0.6) is 0 Å². The lowest BCUT2D eigenvalue weighted by atomic mass is 10.0. The molecule has 0 aliphatic carbocycles. The van der Waals surface area contributed by atoms with E-state index in [1.165, 1.54) is 12.3 Å². The number of nitrogen functional groups attached to an aromatic ring is 1. The van der Waals surface area contributed by atoms with Gasteiger partial charge in [-0.05, 0) is 34.0 Å². The van der Waals surface area contributed by atoms with Gasteiger partial charge in [0.25, 0.3) is 5.91 Å². The van der Waals surface area contributed by atoms with Crippen molar-refractivity contribution in [2.24, 2.45) is 5.84 Å². The van der Waals surface area contributed by atoms with Gasteiger partial charge in [-0.3, -0.25) is 4.79 Å². The molecular weight excluding hydrogens is 249 g/mol. The zero-order chi connectivity index (χ0) is 14.6. The molecule has 6 nitrogen and oxygen atoms in total. The number of carbonyl (C=O) groups is 1. The molecule has 1 aromatic heterocycles. The van der Waals surface area contributed by atoms with Gasteiger partial charge in [-0.25, -0.2) is 15.2 Å². The molecule has 0 unspecified atom stereocenters. The summed E-state index contributed by atoms with van der Waals surface area (Å²) >= 11 is 0. The van der Waals surface area contributed by atoms with Crippen molar-refractivity contribution < 1.29 is 9.18 Å². The molecule has 0 atom stereocenters. The number of amides is 1. The second-order valence-corrected chi connectivity index (χ2v) is 5.05. The predicted molar refractivity (Wildman–Crippen MR) is 72.1 cm³/mol. The molecule has 19 heavy (non-hydrogen) atoms. The first kappa shape index (κ1) is 15.3. The van der Waals surface area contributed by atoms with E-state index in [1.807, 2.05) is 32.8 Å². The number of hydrogen-bond acceptors (Lipinski definition) is 5. The van der Waals surface area contributed by atoms with Crippen LogP contribution in [0.1, 0.15) is 24.2 Å². The second-order valence-electron chi connectivity index (χ2n) is 5.05. The van der Waals surface area contributed by atoms with Crippen molar-refractivity contribution >= 4 is 11.7 Å². The minimum absolute atomic E-state index is 0.0856. The summed E-state index contributed by atoms with van der Waals surface area (Å²) in [6.07, 6.45) is 1.32. The molecule has 1 aromatic rings. The highest BCUT2D eigenvalue weighted by molar-refractivity contribution is 5.95. The number of pyridine rings is 1. The number of hydrazine groups is 1. The number of nitrogens with zero attached hydrogens (tertiary/aromatic N) is 2. The van der Waals surface area contributed by atoms with Crippen molar-refractivity contribution in [1.82, 2.24) is 15.2 Å². The summed E-state index contributed by atoms with van der Waals surface area (Å²) in [6.45, 7) is 4.35. The largest absolute Gasteiger partial charge is 0.350 e. The Kier molecular flexibility index (Phi) is 4.79. The van der Waals surface area contributed by atoms with Crippen molar-refractivity contribution in [3.8, 4) is 0 Å². The van der Waals surface area contributed by atoms with Gasteiger partial charge in [0.1, 0.15) is 0 Å². The summed E-state index contributed by atoms with van der Waals surface area (Å²) in [4.78, 5) is 17.6. The number of halogens is 1. The first-order valence-corrected chi connectivity index (χ1v) is 5.86. The van der Waals surface area contributed by atoms with E-state index >= 15 is 0 Å². The lowest BCUT2D eigenvalue weighted by molar-refractivity contribution is 0.0915. The van der Waals surface area contributed by atoms with Crippen LogP contribution in [-0.4, -0.2) is 42.0 Å². The highest BCUT2D eigenvalue weighted by Gasteiger charge is 2.23. The fraction of sp³-hybridized carbons (Fsp3) is 0.500. The summed E-state index contributed by atoms with van der Waals surface area (Å²) in [7, 11) is 3.82. The van der Waals surface area contributed by atoms with Crippen LogP contribution in [0.3, 0.4) is 0 Å². The molecule has 0 aliphatic rings. The maximum Gasteiger partial charge on any atom is 0.254 e. The molecule has 0 saturated carbocycles. The molecule has 1 amide bonds. The van der Waals surface area contributed by atoms with Gasteiger partial charge in [-0.15, -0.1) is 0 Å². The smallest absolute Gasteiger partial charge is 0.254 e. The number of carbonyl (C=O) groups excluding carboxylic acids is 1. The Morgan fingerprint density at radius 2 is 2.16 bits per heavy atom. The van der Waals surface area contributed by atoms with Crippen LogP contribution in [0.25, 0.3) is 0 Å². The Morgan fingerprint density at radius 1 is 1.53 bits per heavy atom. The van der Waals surface area contributed by atoms with Crippen LogP contribution in [0, 0.1) is 5.82 Å². The molecule has 4 N–H and O–H groups in total. The van der Waals surface area contributed by atoms with Gasteiger partial charge in [0.15, 0.2) is 11.6 Å². The summed E-state index contributed by atoms with van der Waals surface area (Å²) in [6, 6.07) is 1.31. The molecule has 0 aliphatic heterocycles. The topological polar surface area (TPSA) is 83.3 Å². The first-order chi connectivity index (χ1) is 8.79. The Morgan fingerprint density at radius 3 is 2.68 bits per heavy atom. The first-order valence-electron chi connectivity index (χ1n) is 5.86. The molecule has 0 aromatic carbocycles. The lowest BCUT2D eigenvalue weighted by Gasteiger charge is -2.32. The number of aromatic nitrogens is 1. The zero-order valence-corrected chi connectivity index (χ0v) is 11.6. The lowest BCUT2D eigenvalue weighted by Crippen LogP contribution is -2.48. The van der Waals surface area contributed by atoms with Crippen LogP contribution in [0.2, 0.25) is 0 Å². The number of likely N-dealkylation sites (N-methyl/N-ethyl adjacent to an activating group) is 1. The molecule has 0 saturated heterocycles. The molecule has 0 bridgehead atoms. The number of rotatable bonds is 5. The summed E-state index contributed by atoms with van der Waals surface area (Å²) < 4.78 is 13.8. The highest BCUT2D eigenvalue weighted by Crippen LogP contribution is 2.14. The third kappa shape index (κ3) is 3.62. The Balaban J connectivity index is 2.80. The van der Waals surface area contributed by atoms with E-state index in [4.69, 9.17) is 5.84 Å². The molecule has 1 heterocycles. The minimum Gasteiger partial charge on any atom is -0.350 e. The average Bonchev–Trinajstić information content (AvgIpc) is 2.36. The number of nitrogens with two attached hydrogens (primary N) is 1. The molecule has 0 fully saturated rings. The van der Waals surface area contributed by atoms with E-state index in [9.17, 15) is 9.18 Å². The van der Waals surface area contributed by atoms with Crippen LogP contribution in [-0.2, 0) is 0 Å². The normalized spacial score (nSPS) is 11.5. The minimum atomic E-state index is -0.759. The van der Waals surface area contributed by atoms with Crippen LogP contribution in [0.15, 0.2) is 12.3 Å². The average molecular weight is 269 g/mol. The van der Waals surface area contributed by atoms with Gasteiger partial charge in [-0.1, -0.05) is 0 Å². The number of nitrogens with one attached hydrogen (secondary N) is 2. The van der Waals surface area contributed by atoms with Gasteiger partial charge in [0.2, 0.25) is 0 Å². The van der Waals surface area contributed by atoms with E-state index in [1.54, 1.807) is 0 Å². The van der Waals surface area contributed by atoms with Crippen molar-refractivity contribution in [2.75, 3.05) is 26.1 Å². The van der Waals surface area contributed by atoms with E-state index < -0.39 is 11.7 Å². The molecular formula is C12H20FN5O. The van der Waals surface area contributed by atoms with Crippen molar-refractivity contribution in [1.29, 1.82) is 0 Å². The van der Waals surface area contributed by atoms with Gasteiger partial charge < -0.3 is 15.6 Å². The van der Waals surface area contributed by atoms with E-state index in [2.05, 4.69) is 15.7 Å². The van der Waals surface area contributed by atoms with Crippen LogP contribution >= 0.6 is 0 Å². The molecule has 0 spiro atoms. The SMILES string of the molecule is CN(C)C(C)(C)CNC(=O)c1ccnc(NN)c1F. The van der Waals surface area contributed by atoms with Crippen molar-refractivity contribution in [3.05, 3.63) is 23.6 Å². The fourth-order valence-corrected chi connectivity index (χ4v) is 1.27. The van der Waals surface area contributed by atoms with Crippen LogP contribution in [0.4, 0.5) is 10.2 Å². The monoisotopic (exact) mass is 269 g/mol. The summed E-state index contributed by atoms with van der Waals surface area (Å²) in [5.74, 6) is 3.71. The second kappa shape index (κ2) is 5.94. The number of hydrogen-bond donors (Lipinski definition) is 3. The summed E-state index contributed by atoms with van der Waals surface area (Å²) in [5.41, 5.74) is 1.79. The third-order valence-corrected chi connectivity index (χ3v) is 3.16. The third-order valence-electron chi connectivity index (χ3n) is 3.16. The molecule has 7 heteroatoms. The van der Waals surface area contributed by atoms with E-state index in [0.29, 0.717) is 6.54 Å². The molecule has 1 rings (SSSR count). The predicted octanol–water partition coefficient (Wildman–Crippen LogP) is 0.576.